The van der Waals surface area contributed by atoms with Crippen molar-refractivity contribution in [2.75, 3.05) is 5.32 Å². The van der Waals surface area contributed by atoms with Crippen LogP contribution in [0.3, 0.4) is 0 Å². The van der Waals surface area contributed by atoms with E-state index < -0.39 is 27.3 Å². The number of carbonyl (C=O) groups excluding carboxylic acids is 1. The smallest absolute Gasteiger partial charge is 0.255 e. The number of nitrogens with one attached hydrogen (secondary N) is 2. The average molecular weight is 520 g/mol. The topological polar surface area (TPSA) is 95.5 Å². The Bertz CT molecular complexity index is 1070. The molecule has 1 fully saturated rings. The first-order chi connectivity index (χ1) is 14.0. The highest BCUT2D eigenvalue weighted by atomic mass is 79.9. The van der Waals surface area contributed by atoms with Crippen LogP contribution in [-0.2, 0) is 10.0 Å². The van der Waals surface area contributed by atoms with Gasteiger partial charge in [0.15, 0.2) is 0 Å². The van der Waals surface area contributed by atoms with E-state index in [1.54, 1.807) is 6.92 Å². The molecule has 0 unspecified atom stereocenters. The van der Waals surface area contributed by atoms with Crippen molar-refractivity contribution in [3.63, 3.8) is 0 Å². The molecule has 1 aliphatic rings. The standard InChI is InChI=1S/C20H21BrClFN2O4S/c1-20(27)8-6-13(7-9-20)25-30(28,29)18-10-12(2-4-16(18)22)19(26)24-14-3-5-17(23)15(21)11-14/h2-5,10-11,13,25,27H,6-9H2,1H3,(H,24,26). The summed E-state index contributed by atoms with van der Waals surface area (Å²) in [6.45, 7) is 1.73. The molecule has 1 amide bonds. The third kappa shape index (κ3) is 5.59. The van der Waals surface area contributed by atoms with Crippen molar-refractivity contribution in [3.05, 3.63) is 57.3 Å². The van der Waals surface area contributed by atoms with Crippen LogP contribution in [0, 0.1) is 5.82 Å². The van der Waals surface area contributed by atoms with Gasteiger partial charge in [-0.05, 0) is 84.9 Å². The van der Waals surface area contributed by atoms with E-state index in [4.69, 9.17) is 11.6 Å². The van der Waals surface area contributed by atoms with E-state index in [2.05, 4.69) is 26.0 Å². The van der Waals surface area contributed by atoms with Crippen LogP contribution >= 0.6 is 27.5 Å². The Morgan fingerprint density at radius 1 is 1.23 bits per heavy atom. The quantitative estimate of drug-likeness (QED) is 0.543. The van der Waals surface area contributed by atoms with Crippen LogP contribution in [0.15, 0.2) is 45.8 Å². The van der Waals surface area contributed by atoms with Gasteiger partial charge in [-0.25, -0.2) is 17.5 Å². The Hall–Kier alpha value is -1.52. The molecule has 0 heterocycles. The number of anilines is 1. The molecule has 2 aromatic carbocycles. The Morgan fingerprint density at radius 3 is 2.53 bits per heavy atom. The lowest BCUT2D eigenvalue weighted by molar-refractivity contribution is 0.0163. The fraction of sp³-hybridized carbons (Fsp3) is 0.350. The lowest BCUT2D eigenvalue weighted by Crippen LogP contribution is -2.42. The average Bonchev–Trinajstić information content (AvgIpc) is 2.66. The van der Waals surface area contributed by atoms with Gasteiger partial charge in [0.25, 0.3) is 5.91 Å². The molecule has 10 heteroatoms. The molecule has 1 saturated carbocycles. The summed E-state index contributed by atoms with van der Waals surface area (Å²) in [6.07, 6.45) is 1.99. The summed E-state index contributed by atoms with van der Waals surface area (Å²) in [5.74, 6) is -1.03. The first-order valence-corrected chi connectivity index (χ1v) is 11.9. The predicted octanol–water partition coefficient (Wildman–Crippen LogP) is 4.47. The minimum absolute atomic E-state index is 0.00798. The maximum Gasteiger partial charge on any atom is 0.255 e. The molecule has 1 aliphatic carbocycles. The molecule has 0 radical (unpaired) electrons. The molecule has 0 aromatic heterocycles. The summed E-state index contributed by atoms with van der Waals surface area (Å²) in [4.78, 5) is 12.4. The molecule has 6 nitrogen and oxygen atoms in total. The van der Waals surface area contributed by atoms with Crippen molar-refractivity contribution in [2.45, 2.75) is 49.1 Å². The minimum Gasteiger partial charge on any atom is -0.390 e. The number of hydrogen-bond donors (Lipinski definition) is 3. The Kier molecular flexibility index (Phi) is 6.88. The summed E-state index contributed by atoms with van der Waals surface area (Å²) < 4.78 is 41.9. The molecule has 3 N–H and O–H groups in total. The summed E-state index contributed by atoms with van der Waals surface area (Å²) in [5.41, 5.74) is -0.348. The van der Waals surface area contributed by atoms with Crippen LogP contribution in [0.1, 0.15) is 43.0 Å². The number of sulfonamides is 1. The van der Waals surface area contributed by atoms with Gasteiger partial charge >= 0.3 is 0 Å². The van der Waals surface area contributed by atoms with Crippen molar-refractivity contribution in [1.82, 2.24) is 4.72 Å². The molecular formula is C20H21BrClFN2O4S. The SMILES string of the molecule is CC1(O)CCC(NS(=O)(=O)c2cc(C(=O)Nc3ccc(F)c(Br)c3)ccc2Cl)CC1. The number of aliphatic hydroxyl groups is 1. The van der Waals surface area contributed by atoms with Crippen LogP contribution in [0.25, 0.3) is 0 Å². The third-order valence-corrected chi connectivity index (χ3v) is 7.65. The molecule has 162 valence electrons. The first-order valence-electron chi connectivity index (χ1n) is 9.27. The van der Waals surface area contributed by atoms with E-state index in [1.165, 1.54) is 36.4 Å². The molecule has 3 rings (SSSR count). The number of amides is 1. The highest BCUT2D eigenvalue weighted by Gasteiger charge is 2.32. The van der Waals surface area contributed by atoms with Crippen molar-refractivity contribution >= 4 is 49.1 Å². The van der Waals surface area contributed by atoms with Crippen LogP contribution in [0.4, 0.5) is 10.1 Å². The molecule has 0 atom stereocenters. The Balaban J connectivity index is 1.78. The zero-order valence-corrected chi connectivity index (χ0v) is 19.2. The molecule has 0 saturated heterocycles. The van der Waals surface area contributed by atoms with Crippen molar-refractivity contribution in [1.29, 1.82) is 0 Å². The maximum absolute atomic E-state index is 13.4. The number of carbonyl (C=O) groups is 1. The Labute approximate surface area is 188 Å². The summed E-state index contributed by atoms with van der Waals surface area (Å²) in [7, 11) is -3.97. The first kappa shape index (κ1) is 23.1. The fourth-order valence-corrected chi connectivity index (χ4v) is 5.48. The van der Waals surface area contributed by atoms with Gasteiger partial charge in [0.2, 0.25) is 10.0 Å². The van der Waals surface area contributed by atoms with E-state index in [1.807, 2.05) is 0 Å². The van der Waals surface area contributed by atoms with E-state index in [0.717, 1.165) is 0 Å². The summed E-state index contributed by atoms with van der Waals surface area (Å²) >= 11 is 9.15. The van der Waals surface area contributed by atoms with Crippen LogP contribution in [-0.4, -0.2) is 31.1 Å². The van der Waals surface area contributed by atoms with Gasteiger partial charge in [0.1, 0.15) is 10.7 Å². The lowest BCUT2D eigenvalue weighted by Gasteiger charge is -2.33. The van der Waals surface area contributed by atoms with Gasteiger partial charge in [-0.3, -0.25) is 4.79 Å². The number of hydrogen-bond acceptors (Lipinski definition) is 4. The Morgan fingerprint density at radius 2 is 1.90 bits per heavy atom. The highest BCUT2D eigenvalue weighted by Crippen LogP contribution is 2.30. The van der Waals surface area contributed by atoms with Gasteiger partial charge < -0.3 is 10.4 Å². The number of halogens is 3. The lowest BCUT2D eigenvalue weighted by atomic mass is 9.84. The second-order valence-electron chi connectivity index (χ2n) is 7.62. The van der Waals surface area contributed by atoms with Crippen molar-refractivity contribution in [2.24, 2.45) is 0 Å². The van der Waals surface area contributed by atoms with E-state index >= 15 is 0 Å². The zero-order valence-electron chi connectivity index (χ0n) is 16.1. The second kappa shape index (κ2) is 8.92. The van der Waals surface area contributed by atoms with Crippen molar-refractivity contribution in [3.8, 4) is 0 Å². The van der Waals surface area contributed by atoms with Gasteiger partial charge in [0.05, 0.1) is 15.1 Å². The fourth-order valence-electron chi connectivity index (χ4n) is 3.27. The number of rotatable bonds is 5. The van der Waals surface area contributed by atoms with Gasteiger partial charge in [-0.1, -0.05) is 11.6 Å². The van der Waals surface area contributed by atoms with E-state index in [9.17, 15) is 22.7 Å². The van der Waals surface area contributed by atoms with Crippen molar-refractivity contribution < 1.29 is 22.7 Å². The monoisotopic (exact) mass is 518 g/mol. The third-order valence-electron chi connectivity index (χ3n) is 5.04. The second-order valence-corrected chi connectivity index (χ2v) is 10.6. The van der Waals surface area contributed by atoms with E-state index in [-0.39, 0.29) is 26.0 Å². The normalized spacial score (nSPS) is 22.0. The summed E-state index contributed by atoms with van der Waals surface area (Å²) in [6, 6.07) is 7.64. The molecular weight excluding hydrogens is 499 g/mol. The number of benzene rings is 2. The van der Waals surface area contributed by atoms with E-state index in [0.29, 0.717) is 31.4 Å². The molecule has 0 aliphatic heterocycles. The van der Waals surface area contributed by atoms with Crippen LogP contribution < -0.4 is 10.0 Å². The van der Waals surface area contributed by atoms with Crippen LogP contribution in [0.5, 0.6) is 0 Å². The summed E-state index contributed by atoms with van der Waals surface area (Å²) in [5, 5.41) is 12.6. The van der Waals surface area contributed by atoms with Gasteiger partial charge in [-0.2, -0.15) is 0 Å². The zero-order chi connectivity index (χ0) is 22.1. The highest BCUT2D eigenvalue weighted by molar-refractivity contribution is 9.10. The maximum atomic E-state index is 13.4. The molecule has 0 bridgehead atoms. The molecule has 30 heavy (non-hydrogen) atoms. The van der Waals surface area contributed by atoms with Gasteiger partial charge in [-0.15, -0.1) is 0 Å². The minimum atomic E-state index is -3.97. The largest absolute Gasteiger partial charge is 0.390 e. The van der Waals surface area contributed by atoms with Crippen LogP contribution in [0.2, 0.25) is 5.02 Å². The van der Waals surface area contributed by atoms with Gasteiger partial charge in [0, 0.05) is 17.3 Å². The predicted molar refractivity (Wildman–Crippen MR) is 117 cm³/mol. The molecule has 2 aromatic rings. The molecule has 0 spiro atoms.